The van der Waals surface area contributed by atoms with E-state index < -0.39 is 17.3 Å². The fourth-order valence-corrected chi connectivity index (χ4v) is 4.42. The number of hydrogen-bond acceptors (Lipinski definition) is 6. The summed E-state index contributed by atoms with van der Waals surface area (Å²) in [6.07, 6.45) is 1.58. The number of methoxy groups -OCH3 is 1. The Morgan fingerprint density at radius 3 is 2.61 bits per heavy atom. The minimum Gasteiger partial charge on any atom is -0.497 e. The van der Waals surface area contributed by atoms with Gasteiger partial charge in [-0.15, -0.1) is 0 Å². The Bertz CT molecular complexity index is 1750. The van der Waals surface area contributed by atoms with Crippen molar-refractivity contribution in [1.29, 1.82) is 0 Å². The van der Waals surface area contributed by atoms with Gasteiger partial charge in [-0.2, -0.15) is 0 Å². The molecule has 10 heteroatoms. The fourth-order valence-electron chi connectivity index (χ4n) is 4.42. The third-order valence-electron chi connectivity index (χ3n) is 6.75. The third-order valence-corrected chi connectivity index (χ3v) is 6.75. The number of aromatic amines is 1. The lowest BCUT2D eigenvalue weighted by molar-refractivity contribution is 0.0948. The molecule has 2 N–H and O–H groups in total. The van der Waals surface area contributed by atoms with E-state index in [0.29, 0.717) is 45.9 Å². The number of halogens is 1. The molecule has 1 amide bonds. The Morgan fingerprint density at radius 2 is 1.88 bits per heavy atom. The van der Waals surface area contributed by atoms with Gasteiger partial charge in [0, 0.05) is 30.7 Å². The van der Waals surface area contributed by atoms with Crippen LogP contribution in [0, 0.1) is 5.82 Å². The van der Waals surface area contributed by atoms with Crippen LogP contribution in [0.2, 0.25) is 0 Å². The monoisotopic (exact) mass is 555 g/mol. The van der Waals surface area contributed by atoms with E-state index in [1.54, 1.807) is 55.8 Å². The number of carbonyl (C=O) groups is 1. The molecule has 0 saturated carbocycles. The highest BCUT2D eigenvalue weighted by Gasteiger charge is 2.22. The molecule has 0 unspecified atom stereocenters. The summed E-state index contributed by atoms with van der Waals surface area (Å²) in [5.41, 5.74) is 1.86. The largest absolute Gasteiger partial charge is 0.497 e. The molecule has 0 aliphatic carbocycles. The van der Waals surface area contributed by atoms with Gasteiger partial charge in [-0.25, -0.2) is 9.07 Å². The van der Waals surface area contributed by atoms with Crippen molar-refractivity contribution in [2.24, 2.45) is 0 Å². The van der Waals surface area contributed by atoms with Crippen LogP contribution in [0.5, 0.6) is 17.2 Å². The Kier molecular flexibility index (Phi) is 8.11. The van der Waals surface area contributed by atoms with Gasteiger partial charge in [0.2, 0.25) is 0 Å². The molecule has 41 heavy (non-hydrogen) atoms. The van der Waals surface area contributed by atoms with E-state index in [2.05, 4.69) is 15.4 Å². The average molecular weight is 556 g/mol. The molecule has 0 aliphatic rings. The number of rotatable bonds is 10. The van der Waals surface area contributed by atoms with Crippen LogP contribution >= 0.6 is 0 Å². The number of ether oxygens (including phenoxy) is 2. The highest BCUT2D eigenvalue weighted by molar-refractivity contribution is 5.95. The summed E-state index contributed by atoms with van der Waals surface area (Å²) in [6.45, 7) is 3.12. The van der Waals surface area contributed by atoms with Crippen molar-refractivity contribution in [1.82, 2.24) is 25.0 Å². The van der Waals surface area contributed by atoms with Crippen molar-refractivity contribution >= 4 is 16.8 Å². The number of aromatic nitrogens is 3. The number of hydrogen-bond donors (Lipinski definition) is 2. The number of nitrogens with zero attached hydrogens (tertiary/aromatic N) is 3. The van der Waals surface area contributed by atoms with E-state index in [1.165, 1.54) is 16.8 Å². The quantitative estimate of drug-likeness (QED) is 0.251. The molecule has 2 heterocycles. The second kappa shape index (κ2) is 12.1. The highest BCUT2D eigenvalue weighted by atomic mass is 19.1. The number of fused-ring (bicyclic) bond motifs is 1. The second-order valence-electron chi connectivity index (χ2n) is 9.51. The van der Waals surface area contributed by atoms with Crippen molar-refractivity contribution < 1.29 is 18.7 Å². The summed E-state index contributed by atoms with van der Waals surface area (Å²) in [5, 5.41) is 6.56. The molecular formula is C31H30FN5O4. The molecule has 5 aromatic rings. The lowest BCUT2D eigenvalue weighted by Crippen LogP contribution is -2.30. The summed E-state index contributed by atoms with van der Waals surface area (Å²) >= 11 is 0. The first kappa shape index (κ1) is 27.6. The summed E-state index contributed by atoms with van der Waals surface area (Å²) < 4.78 is 27.5. The summed E-state index contributed by atoms with van der Waals surface area (Å²) in [5.74, 6) is 0.00488. The van der Waals surface area contributed by atoms with Crippen LogP contribution in [-0.2, 0) is 13.1 Å². The number of benzene rings is 3. The van der Waals surface area contributed by atoms with E-state index in [0.717, 1.165) is 6.54 Å². The number of para-hydroxylation sites is 1. The maximum absolute atomic E-state index is 15.1. The van der Waals surface area contributed by atoms with Crippen molar-refractivity contribution in [2.45, 2.75) is 20.0 Å². The highest BCUT2D eigenvalue weighted by Crippen LogP contribution is 2.32. The minimum absolute atomic E-state index is 0.0209. The van der Waals surface area contributed by atoms with E-state index in [4.69, 9.17) is 9.47 Å². The molecule has 5 rings (SSSR count). The van der Waals surface area contributed by atoms with Gasteiger partial charge >= 0.3 is 0 Å². The van der Waals surface area contributed by atoms with Crippen LogP contribution < -0.4 is 20.3 Å². The van der Waals surface area contributed by atoms with Crippen molar-refractivity contribution in [3.8, 4) is 22.9 Å². The Hall–Kier alpha value is -4.96. The van der Waals surface area contributed by atoms with Gasteiger partial charge in [-0.1, -0.05) is 31.2 Å². The van der Waals surface area contributed by atoms with Gasteiger partial charge in [-0.3, -0.25) is 19.7 Å². The molecule has 0 spiro atoms. The zero-order valence-corrected chi connectivity index (χ0v) is 23.0. The van der Waals surface area contributed by atoms with E-state index in [9.17, 15) is 9.59 Å². The molecule has 3 aromatic carbocycles. The van der Waals surface area contributed by atoms with Crippen molar-refractivity contribution in [3.63, 3.8) is 0 Å². The second-order valence-corrected chi connectivity index (χ2v) is 9.51. The molecule has 9 nitrogen and oxygen atoms in total. The Balaban J connectivity index is 1.34. The first-order valence-electron chi connectivity index (χ1n) is 13.1. The van der Waals surface area contributed by atoms with E-state index in [-0.39, 0.29) is 17.9 Å². The number of H-pyrrole nitrogens is 1. The van der Waals surface area contributed by atoms with Crippen LogP contribution in [0.25, 0.3) is 16.6 Å². The summed E-state index contributed by atoms with van der Waals surface area (Å²) in [4.78, 5) is 32.8. The number of carbonyl (C=O) groups excluding carboxylic acids is 1. The van der Waals surface area contributed by atoms with Crippen molar-refractivity contribution in [3.05, 3.63) is 112 Å². The number of pyridine rings is 1. The lowest BCUT2D eigenvalue weighted by atomic mass is 10.1. The smallest absolute Gasteiger partial charge is 0.284 e. The van der Waals surface area contributed by atoms with Gasteiger partial charge in [0.25, 0.3) is 11.5 Å². The maximum Gasteiger partial charge on any atom is 0.284 e. The van der Waals surface area contributed by atoms with Crippen LogP contribution in [-0.4, -0.2) is 46.3 Å². The molecule has 0 aliphatic heterocycles. The Morgan fingerprint density at radius 1 is 1.07 bits per heavy atom. The molecular weight excluding hydrogens is 525 g/mol. The zero-order chi connectivity index (χ0) is 28.9. The Labute approximate surface area is 236 Å². The van der Waals surface area contributed by atoms with Crippen LogP contribution in [0.1, 0.15) is 28.5 Å². The molecule has 0 radical (unpaired) electrons. The maximum atomic E-state index is 15.1. The predicted octanol–water partition coefficient (Wildman–Crippen LogP) is 5.04. The normalized spacial score (nSPS) is 11.1. The number of nitrogens with one attached hydrogen (secondary N) is 2. The van der Waals surface area contributed by atoms with Gasteiger partial charge in [-0.05, 0) is 61.6 Å². The fraction of sp³-hybridized carbons (Fsp3) is 0.194. The SMILES string of the molecule is CCN(C)Cc1[nH]n(-c2ccccc2)c(=O)c1C(=O)NCc1ccc(Oc2ccnc3cc(OC)ccc23)c(F)c1. The lowest BCUT2D eigenvalue weighted by Gasteiger charge is -2.13. The standard InChI is InChI=1S/C31H30FN5O4/c1-4-36(2)19-26-29(31(39)37(35-26)21-8-6-5-7-9-21)30(38)34-18-20-10-13-28(24(32)16-20)41-27-14-15-33-25-17-22(40-3)11-12-23(25)27/h5-17,35H,4,18-19H2,1-3H3,(H,34,38). The first-order valence-corrected chi connectivity index (χ1v) is 13.1. The number of amides is 1. The van der Waals surface area contributed by atoms with E-state index in [1.807, 2.05) is 37.1 Å². The van der Waals surface area contributed by atoms with Crippen LogP contribution in [0.3, 0.4) is 0 Å². The molecule has 0 bridgehead atoms. The third kappa shape index (κ3) is 5.97. The molecule has 0 atom stereocenters. The summed E-state index contributed by atoms with van der Waals surface area (Å²) in [7, 11) is 3.47. The van der Waals surface area contributed by atoms with Crippen molar-refractivity contribution in [2.75, 3.05) is 20.7 Å². The molecule has 2 aromatic heterocycles. The average Bonchev–Trinajstić information content (AvgIpc) is 3.32. The molecule has 0 fully saturated rings. The van der Waals surface area contributed by atoms with Crippen LogP contribution in [0.4, 0.5) is 4.39 Å². The minimum atomic E-state index is -0.589. The van der Waals surface area contributed by atoms with Crippen LogP contribution in [0.15, 0.2) is 83.8 Å². The van der Waals surface area contributed by atoms with Gasteiger partial charge < -0.3 is 19.7 Å². The zero-order valence-electron chi connectivity index (χ0n) is 23.0. The molecule has 210 valence electrons. The topological polar surface area (TPSA) is 101 Å². The summed E-state index contributed by atoms with van der Waals surface area (Å²) in [6, 6.07) is 20.5. The van der Waals surface area contributed by atoms with E-state index >= 15 is 4.39 Å². The predicted molar refractivity (Wildman–Crippen MR) is 154 cm³/mol. The van der Waals surface area contributed by atoms with Gasteiger partial charge in [0.1, 0.15) is 17.1 Å². The first-order chi connectivity index (χ1) is 19.9. The molecule has 0 saturated heterocycles. The van der Waals surface area contributed by atoms with Gasteiger partial charge in [0.05, 0.1) is 24.0 Å². The van der Waals surface area contributed by atoms with Gasteiger partial charge in [0.15, 0.2) is 11.6 Å².